The second kappa shape index (κ2) is 6.61. The zero-order valence-electron chi connectivity index (χ0n) is 7.86. The average Bonchev–Trinajstić information content (AvgIpc) is 2.43. The molecule has 0 radical (unpaired) electrons. The van der Waals surface area contributed by atoms with Crippen molar-refractivity contribution in [2.45, 2.75) is 0 Å². The Bertz CT molecular complexity index is 319. The average molecular weight is 308 g/mol. The smallest absolute Gasteiger partial charge is 0.212 e. The van der Waals surface area contributed by atoms with Crippen LogP contribution in [0, 0.1) is 0 Å². The first-order valence-corrected chi connectivity index (χ1v) is 9.11. The van der Waals surface area contributed by atoms with Gasteiger partial charge < -0.3 is 0 Å². The third-order valence-corrected chi connectivity index (χ3v) is 6.19. The molecular formula is C7H11Cl2NO2S3. The van der Waals surface area contributed by atoms with Crippen molar-refractivity contribution in [3.8, 4) is 0 Å². The molecule has 88 valence electrons. The van der Waals surface area contributed by atoms with Gasteiger partial charge in [-0.3, -0.25) is 0 Å². The zero-order valence-corrected chi connectivity index (χ0v) is 11.8. The molecule has 0 amide bonds. The molecular weight excluding hydrogens is 297 g/mol. The minimum absolute atomic E-state index is 0.00264. The van der Waals surface area contributed by atoms with Crippen LogP contribution in [-0.4, -0.2) is 43.1 Å². The van der Waals surface area contributed by atoms with E-state index in [2.05, 4.69) is 0 Å². The van der Waals surface area contributed by atoms with Crippen molar-refractivity contribution in [1.29, 1.82) is 0 Å². The Kier molecular flexibility index (Phi) is 6.17. The molecule has 0 aromatic heterocycles. The van der Waals surface area contributed by atoms with E-state index in [4.69, 9.17) is 23.2 Å². The maximum absolute atomic E-state index is 11.8. The highest BCUT2D eigenvalue weighted by Crippen LogP contribution is 2.25. The third-order valence-electron chi connectivity index (χ3n) is 1.77. The summed E-state index contributed by atoms with van der Waals surface area (Å²) in [5.41, 5.74) is 0. The lowest BCUT2D eigenvalue weighted by Crippen LogP contribution is -2.35. The second-order valence-corrected chi connectivity index (χ2v) is 8.54. The summed E-state index contributed by atoms with van der Waals surface area (Å²) in [7, 11) is 0.166. The fourth-order valence-corrected chi connectivity index (χ4v) is 4.94. The first-order chi connectivity index (χ1) is 7.02. The van der Waals surface area contributed by atoms with Crippen LogP contribution in [-0.2, 0) is 10.0 Å². The van der Waals surface area contributed by atoms with E-state index in [1.165, 1.54) is 10.4 Å². The Labute approximate surface area is 108 Å². The van der Waals surface area contributed by atoms with Crippen LogP contribution >= 0.6 is 44.8 Å². The molecule has 8 heteroatoms. The molecule has 1 aliphatic heterocycles. The predicted molar refractivity (Wildman–Crippen MR) is 70.1 cm³/mol. The summed E-state index contributed by atoms with van der Waals surface area (Å²) in [4.78, 5) is 0. The van der Waals surface area contributed by atoms with Crippen molar-refractivity contribution >= 4 is 54.8 Å². The summed E-state index contributed by atoms with van der Waals surface area (Å²) < 4.78 is 25.1. The lowest BCUT2D eigenvalue weighted by atomic mass is 10.6. The van der Waals surface area contributed by atoms with E-state index < -0.39 is 10.0 Å². The van der Waals surface area contributed by atoms with Gasteiger partial charge in [0.05, 0.1) is 5.75 Å². The van der Waals surface area contributed by atoms with Crippen molar-refractivity contribution in [2.24, 2.45) is 0 Å². The lowest BCUT2D eigenvalue weighted by molar-refractivity contribution is 0.454. The van der Waals surface area contributed by atoms with Gasteiger partial charge in [0.2, 0.25) is 10.0 Å². The Balaban J connectivity index is 2.62. The van der Waals surface area contributed by atoms with Crippen LogP contribution in [0.15, 0.2) is 10.6 Å². The molecule has 0 unspecified atom stereocenters. The molecule has 0 N–H and O–H groups in total. The van der Waals surface area contributed by atoms with Crippen LogP contribution in [0.3, 0.4) is 0 Å². The highest BCUT2D eigenvalue weighted by atomic mass is 35.5. The molecule has 1 rings (SSSR count). The molecule has 0 saturated carbocycles. The molecule has 0 aromatic carbocycles. The molecule has 3 nitrogen and oxygen atoms in total. The highest BCUT2D eigenvalue weighted by molar-refractivity contribution is 8.76. The number of nitrogens with zero attached hydrogens (tertiary/aromatic N) is 1. The van der Waals surface area contributed by atoms with Gasteiger partial charge in [0, 0.05) is 24.6 Å². The molecule has 1 saturated heterocycles. The molecule has 0 atom stereocenters. The van der Waals surface area contributed by atoms with Crippen LogP contribution in [0.4, 0.5) is 0 Å². The standard InChI is InChI=1S/C7H11Cl2NO2S3/c8-7(9)1-6-15(11,12)10-2-4-13-14-5-3-10/h1H,2-6H2. The maximum atomic E-state index is 11.8. The van der Waals surface area contributed by atoms with E-state index in [0.29, 0.717) is 13.1 Å². The molecule has 1 heterocycles. The monoisotopic (exact) mass is 307 g/mol. The van der Waals surface area contributed by atoms with E-state index in [9.17, 15) is 8.42 Å². The fraction of sp³-hybridized carbons (Fsp3) is 0.714. The van der Waals surface area contributed by atoms with Gasteiger partial charge in [0.15, 0.2) is 0 Å². The molecule has 0 bridgehead atoms. The van der Waals surface area contributed by atoms with E-state index in [1.54, 1.807) is 21.6 Å². The normalized spacial score (nSPS) is 19.6. The van der Waals surface area contributed by atoms with Crippen LogP contribution in [0.25, 0.3) is 0 Å². The van der Waals surface area contributed by atoms with Crippen molar-refractivity contribution < 1.29 is 8.42 Å². The minimum atomic E-state index is -3.24. The zero-order chi connectivity index (χ0) is 11.3. The Morgan fingerprint density at radius 2 is 1.80 bits per heavy atom. The van der Waals surface area contributed by atoms with Gasteiger partial charge >= 0.3 is 0 Å². The molecule has 15 heavy (non-hydrogen) atoms. The van der Waals surface area contributed by atoms with Crippen molar-refractivity contribution in [1.82, 2.24) is 4.31 Å². The minimum Gasteiger partial charge on any atom is -0.212 e. The highest BCUT2D eigenvalue weighted by Gasteiger charge is 2.22. The van der Waals surface area contributed by atoms with Crippen molar-refractivity contribution in [3.63, 3.8) is 0 Å². The van der Waals surface area contributed by atoms with Gasteiger partial charge in [-0.15, -0.1) is 0 Å². The molecule has 0 aliphatic carbocycles. The van der Waals surface area contributed by atoms with Crippen LogP contribution in [0.5, 0.6) is 0 Å². The summed E-state index contributed by atoms with van der Waals surface area (Å²) in [5, 5.41) is 0. The van der Waals surface area contributed by atoms with Crippen LogP contribution in [0.2, 0.25) is 0 Å². The number of hydrogen-bond acceptors (Lipinski definition) is 4. The van der Waals surface area contributed by atoms with Gasteiger partial charge in [0.25, 0.3) is 0 Å². The molecule has 1 fully saturated rings. The SMILES string of the molecule is O=S(=O)(CC=C(Cl)Cl)N1CCSSCC1. The summed E-state index contributed by atoms with van der Waals surface area (Å²) >= 11 is 10.8. The third kappa shape index (κ3) is 5.19. The van der Waals surface area contributed by atoms with Gasteiger partial charge in [0.1, 0.15) is 4.49 Å². The Morgan fingerprint density at radius 3 is 2.27 bits per heavy atom. The largest absolute Gasteiger partial charge is 0.217 e. The topological polar surface area (TPSA) is 37.4 Å². The number of hydrogen-bond donors (Lipinski definition) is 0. The van der Waals surface area contributed by atoms with Gasteiger partial charge in [-0.25, -0.2) is 8.42 Å². The van der Waals surface area contributed by atoms with E-state index >= 15 is 0 Å². The molecule has 0 aromatic rings. The van der Waals surface area contributed by atoms with Gasteiger partial charge in [-0.2, -0.15) is 4.31 Å². The van der Waals surface area contributed by atoms with Crippen molar-refractivity contribution in [2.75, 3.05) is 30.3 Å². The van der Waals surface area contributed by atoms with Crippen LogP contribution in [0.1, 0.15) is 0 Å². The van der Waals surface area contributed by atoms with Gasteiger partial charge in [-0.05, 0) is 6.08 Å². The Morgan fingerprint density at radius 1 is 1.27 bits per heavy atom. The Hall–Kier alpha value is 0.930. The van der Waals surface area contributed by atoms with Gasteiger partial charge in [-0.1, -0.05) is 44.8 Å². The van der Waals surface area contributed by atoms with E-state index in [-0.39, 0.29) is 10.2 Å². The summed E-state index contributed by atoms with van der Waals surface area (Å²) in [5.74, 6) is 1.52. The van der Waals surface area contributed by atoms with Crippen LogP contribution < -0.4 is 0 Å². The first kappa shape index (κ1) is 14.0. The maximum Gasteiger partial charge on any atom is 0.217 e. The van der Waals surface area contributed by atoms with Crippen molar-refractivity contribution in [3.05, 3.63) is 10.6 Å². The molecule has 1 aliphatic rings. The number of rotatable bonds is 3. The van der Waals surface area contributed by atoms with E-state index in [1.807, 2.05) is 0 Å². The summed E-state index contributed by atoms with van der Waals surface area (Å²) in [6.45, 7) is 1.13. The predicted octanol–water partition coefficient (Wildman–Crippen LogP) is 2.33. The number of sulfonamides is 1. The lowest BCUT2D eigenvalue weighted by Gasteiger charge is -2.17. The first-order valence-electron chi connectivity index (χ1n) is 4.26. The molecule has 0 spiro atoms. The second-order valence-electron chi connectivity index (χ2n) is 2.82. The fourth-order valence-electron chi connectivity index (χ4n) is 1.06. The summed E-state index contributed by atoms with van der Waals surface area (Å²) in [6.07, 6.45) is 1.31. The van der Waals surface area contributed by atoms with E-state index in [0.717, 1.165) is 11.5 Å². The number of halogens is 2. The summed E-state index contributed by atoms with van der Waals surface area (Å²) in [6, 6.07) is 0. The quantitative estimate of drug-likeness (QED) is 0.750.